The fourth-order valence-electron chi connectivity index (χ4n) is 1.25. The highest BCUT2D eigenvalue weighted by Gasteiger charge is 2.02. The van der Waals surface area contributed by atoms with E-state index in [0.717, 1.165) is 0 Å². The molecule has 0 aliphatic heterocycles. The molecule has 1 aromatic rings. The van der Waals surface area contributed by atoms with Crippen LogP contribution in [0.4, 0.5) is 5.69 Å². The molecule has 4 nitrogen and oxygen atoms in total. The van der Waals surface area contributed by atoms with Crippen molar-refractivity contribution in [1.82, 2.24) is 0 Å². The molecule has 84 valence electrons. The third kappa shape index (κ3) is 3.79. The zero-order valence-corrected chi connectivity index (χ0v) is 9.42. The van der Waals surface area contributed by atoms with Gasteiger partial charge in [0.15, 0.2) is 0 Å². The van der Waals surface area contributed by atoms with E-state index < -0.39 is 0 Å². The lowest BCUT2D eigenvalue weighted by Crippen LogP contribution is -2.12. The van der Waals surface area contributed by atoms with Crippen LogP contribution < -0.4 is 11.1 Å². The molecule has 1 aromatic carbocycles. The van der Waals surface area contributed by atoms with Gasteiger partial charge < -0.3 is 11.1 Å². The van der Waals surface area contributed by atoms with Crippen LogP contribution in [0.25, 0.3) is 0 Å². The summed E-state index contributed by atoms with van der Waals surface area (Å²) in [6.45, 7) is 0.581. The molecular weight excluding hydrogens is 226 g/mol. The summed E-state index contributed by atoms with van der Waals surface area (Å²) in [6, 6.07) is 7.06. The second-order valence-electron chi connectivity index (χ2n) is 3.30. The molecular formula is C11H12ClN3O. The van der Waals surface area contributed by atoms with E-state index >= 15 is 0 Å². The zero-order valence-electron chi connectivity index (χ0n) is 8.66. The van der Waals surface area contributed by atoms with Gasteiger partial charge in [-0.05, 0) is 24.6 Å². The molecule has 0 saturated carbocycles. The number of primary amides is 1. The molecule has 0 unspecified atom stereocenters. The summed E-state index contributed by atoms with van der Waals surface area (Å²) in [5, 5.41) is 12.5. The van der Waals surface area contributed by atoms with Gasteiger partial charge in [0.1, 0.15) is 6.07 Å². The summed E-state index contributed by atoms with van der Waals surface area (Å²) in [4.78, 5) is 10.5. The summed E-state index contributed by atoms with van der Waals surface area (Å²) >= 11 is 5.81. The van der Waals surface area contributed by atoms with Gasteiger partial charge in [0.25, 0.3) is 0 Å². The lowest BCUT2D eigenvalue weighted by atomic mass is 10.2. The first-order valence-electron chi connectivity index (χ1n) is 4.85. The van der Waals surface area contributed by atoms with Gasteiger partial charge in [-0.25, -0.2) is 0 Å². The van der Waals surface area contributed by atoms with Gasteiger partial charge in [0, 0.05) is 18.0 Å². The van der Waals surface area contributed by atoms with Crippen molar-refractivity contribution in [2.45, 2.75) is 12.8 Å². The minimum Gasteiger partial charge on any atom is -0.384 e. The number of carbonyl (C=O) groups is 1. The number of amides is 1. The van der Waals surface area contributed by atoms with Gasteiger partial charge in [-0.3, -0.25) is 4.79 Å². The molecule has 0 heterocycles. The van der Waals surface area contributed by atoms with Crippen LogP contribution in [-0.4, -0.2) is 12.5 Å². The minimum absolute atomic E-state index is 0.326. The number of benzene rings is 1. The van der Waals surface area contributed by atoms with Crippen LogP contribution in [0, 0.1) is 11.3 Å². The predicted molar refractivity (Wildman–Crippen MR) is 63.1 cm³/mol. The zero-order chi connectivity index (χ0) is 12.0. The van der Waals surface area contributed by atoms with Crippen molar-refractivity contribution >= 4 is 23.2 Å². The molecule has 0 bridgehead atoms. The molecule has 0 aliphatic rings. The monoisotopic (exact) mass is 237 g/mol. The quantitative estimate of drug-likeness (QED) is 0.768. The Morgan fingerprint density at radius 1 is 1.56 bits per heavy atom. The maximum Gasteiger partial charge on any atom is 0.217 e. The summed E-state index contributed by atoms with van der Waals surface area (Å²) in [5.74, 6) is -0.326. The number of halogens is 1. The van der Waals surface area contributed by atoms with Crippen LogP contribution in [-0.2, 0) is 4.79 Å². The average molecular weight is 238 g/mol. The number of hydrogen-bond acceptors (Lipinski definition) is 3. The Morgan fingerprint density at radius 3 is 2.94 bits per heavy atom. The van der Waals surface area contributed by atoms with Crippen molar-refractivity contribution in [2.24, 2.45) is 5.73 Å². The molecule has 1 rings (SSSR count). The van der Waals surface area contributed by atoms with Gasteiger partial charge in [0.05, 0.1) is 11.3 Å². The smallest absolute Gasteiger partial charge is 0.217 e. The van der Waals surface area contributed by atoms with E-state index in [1.807, 2.05) is 0 Å². The number of nitrogens with zero attached hydrogens (tertiary/aromatic N) is 1. The molecule has 0 radical (unpaired) electrons. The second kappa shape index (κ2) is 5.99. The highest BCUT2D eigenvalue weighted by molar-refractivity contribution is 6.30. The topological polar surface area (TPSA) is 78.9 Å². The average Bonchev–Trinajstić information content (AvgIpc) is 2.24. The number of nitrogens with two attached hydrogens (primary N) is 1. The van der Waals surface area contributed by atoms with Crippen LogP contribution in [0.15, 0.2) is 18.2 Å². The van der Waals surface area contributed by atoms with E-state index in [-0.39, 0.29) is 5.91 Å². The highest BCUT2D eigenvalue weighted by atomic mass is 35.5. The van der Waals surface area contributed by atoms with E-state index in [2.05, 4.69) is 11.4 Å². The molecule has 5 heteroatoms. The summed E-state index contributed by atoms with van der Waals surface area (Å²) in [5.41, 5.74) is 6.22. The lowest BCUT2D eigenvalue weighted by Gasteiger charge is -2.07. The molecule has 1 amide bonds. The van der Waals surface area contributed by atoms with E-state index in [0.29, 0.717) is 35.7 Å². The fraction of sp³-hybridized carbons (Fsp3) is 0.273. The summed E-state index contributed by atoms with van der Waals surface area (Å²) in [6.07, 6.45) is 0.960. The Morgan fingerprint density at radius 2 is 2.31 bits per heavy atom. The van der Waals surface area contributed by atoms with Crippen LogP contribution in [0.5, 0.6) is 0 Å². The predicted octanol–water partition coefficient (Wildman–Crippen LogP) is 1.89. The Kier molecular flexibility index (Phi) is 4.62. The Labute approximate surface area is 99.0 Å². The molecule has 16 heavy (non-hydrogen) atoms. The van der Waals surface area contributed by atoms with Crippen molar-refractivity contribution in [3.63, 3.8) is 0 Å². The number of rotatable bonds is 5. The van der Waals surface area contributed by atoms with E-state index in [1.165, 1.54) is 0 Å². The van der Waals surface area contributed by atoms with Crippen LogP contribution >= 0.6 is 11.6 Å². The molecule has 3 N–H and O–H groups in total. The number of carbonyl (C=O) groups excluding carboxylic acids is 1. The first kappa shape index (κ1) is 12.3. The lowest BCUT2D eigenvalue weighted by molar-refractivity contribution is -0.118. The number of anilines is 1. The molecule has 0 spiro atoms. The molecule has 0 aliphatic carbocycles. The van der Waals surface area contributed by atoms with Gasteiger partial charge in [-0.1, -0.05) is 11.6 Å². The molecule has 0 atom stereocenters. The van der Waals surface area contributed by atoms with Crippen LogP contribution in [0.1, 0.15) is 18.4 Å². The maximum atomic E-state index is 10.5. The third-order valence-corrected chi connectivity index (χ3v) is 2.25. The highest BCUT2D eigenvalue weighted by Crippen LogP contribution is 2.20. The first-order chi connectivity index (χ1) is 7.63. The van der Waals surface area contributed by atoms with E-state index in [9.17, 15) is 4.79 Å². The van der Waals surface area contributed by atoms with E-state index in [1.54, 1.807) is 18.2 Å². The molecule has 0 saturated heterocycles. The van der Waals surface area contributed by atoms with Crippen LogP contribution in [0.3, 0.4) is 0 Å². The summed E-state index contributed by atoms with van der Waals surface area (Å²) in [7, 11) is 0. The van der Waals surface area contributed by atoms with Gasteiger partial charge in [-0.15, -0.1) is 0 Å². The summed E-state index contributed by atoms with van der Waals surface area (Å²) < 4.78 is 0. The van der Waals surface area contributed by atoms with Crippen LogP contribution in [0.2, 0.25) is 5.02 Å². The standard InChI is InChI=1S/C11H12ClN3O/c12-9-4-3-8(7-13)10(6-9)15-5-1-2-11(14)16/h3-4,6,15H,1-2,5H2,(H2,14,16). The Balaban J connectivity index is 2.56. The van der Waals surface area contributed by atoms with Crippen molar-refractivity contribution in [3.8, 4) is 6.07 Å². The fourth-order valence-corrected chi connectivity index (χ4v) is 1.42. The van der Waals surface area contributed by atoms with Gasteiger partial charge >= 0.3 is 0 Å². The third-order valence-electron chi connectivity index (χ3n) is 2.02. The minimum atomic E-state index is -0.326. The number of nitrogens with one attached hydrogen (secondary N) is 1. The van der Waals surface area contributed by atoms with Gasteiger partial charge in [-0.2, -0.15) is 5.26 Å². The van der Waals surface area contributed by atoms with Crippen molar-refractivity contribution in [2.75, 3.05) is 11.9 Å². The number of hydrogen-bond donors (Lipinski definition) is 2. The maximum absolute atomic E-state index is 10.5. The second-order valence-corrected chi connectivity index (χ2v) is 3.73. The normalized spacial score (nSPS) is 9.50. The SMILES string of the molecule is N#Cc1ccc(Cl)cc1NCCCC(N)=O. The Bertz CT molecular complexity index is 426. The van der Waals surface area contributed by atoms with Crippen molar-refractivity contribution < 1.29 is 4.79 Å². The van der Waals surface area contributed by atoms with Crippen molar-refractivity contribution in [1.29, 1.82) is 5.26 Å². The largest absolute Gasteiger partial charge is 0.384 e. The Hall–Kier alpha value is -1.73. The first-order valence-corrected chi connectivity index (χ1v) is 5.23. The molecule has 0 aromatic heterocycles. The van der Waals surface area contributed by atoms with Gasteiger partial charge in [0.2, 0.25) is 5.91 Å². The molecule has 0 fully saturated rings. The number of nitriles is 1. The van der Waals surface area contributed by atoms with E-state index in [4.69, 9.17) is 22.6 Å². The van der Waals surface area contributed by atoms with Crippen molar-refractivity contribution in [3.05, 3.63) is 28.8 Å².